The van der Waals surface area contributed by atoms with Crippen molar-refractivity contribution in [1.29, 1.82) is 0 Å². The molecular weight excluding hydrogens is 210 g/mol. The van der Waals surface area contributed by atoms with Crippen LogP contribution in [0, 0.1) is 0 Å². The number of anilines is 1. The zero-order valence-electron chi connectivity index (χ0n) is 8.27. The van der Waals surface area contributed by atoms with E-state index >= 15 is 0 Å². The van der Waals surface area contributed by atoms with Gasteiger partial charge in [-0.1, -0.05) is 36.4 Å². The molecule has 2 nitrogen and oxygen atoms in total. The number of hydrogen-bond donors (Lipinski definition) is 0. The number of hydrogen-bond acceptors (Lipinski definition) is 1. The molecule has 0 aliphatic carbocycles. The van der Waals surface area contributed by atoms with Gasteiger partial charge in [0.1, 0.15) is 0 Å². The molecule has 0 heterocycles. The number of fused-ring (bicyclic) bond motifs is 1. The van der Waals surface area contributed by atoms with Crippen molar-refractivity contribution in [3.8, 4) is 0 Å². The van der Waals surface area contributed by atoms with Gasteiger partial charge in [-0.25, -0.2) is 0 Å². The lowest BCUT2D eigenvalue weighted by atomic mass is 10.1. The number of carbonyl (C=O) groups excluding carboxylic acids is 1. The summed E-state index contributed by atoms with van der Waals surface area (Å²) in [4.78, 5) is 12.5. The molecule has 0 saturated heterocycles. The normalized spacial score (nSPS) is 10.3. The molecule has 0 aliphatic rings. The summed E-state index contributed by atoms with van der Waals surface area (Å²) >= 11 is 5.45. The van der Waals surface area contributed by atoms with Crippen LogP contribution in [0.4, 0.5) is 10.5 Å². The summed E-state index contributed by atoms with van der Waals surface area (Å²) in [6.07, 6.45) is 0. The minimum atomic E-state index is -0.480. The van der Waals surface area contributed by atoms with Crippen molar-refractivity contribution in [1.82, 2.24) is 0 Å². The molecule has 0 unspecified atom stereocenters. The van der Waals surface area contributed by atoms with Gasteiger partial charge in [0, 0.05) is 12.4 Å². The molecule has 2 aromatic carbocycles. The lowest BCUT2D eigenvalue weighted by Crippen LogP contribution is -2.19. The maximum absolute atomic E-state index is 11.1. The molecule has 0 radical (unpaired) electrons. The number of nitrogens with zero attached hydrogens (tertiary/aromatic N) is 1. The van der Waals surface area contributed by atoms with Crippen LogP contribution >= 0.6 is 11.6 Å². The molecule has 0 bridgehead atoms. The molecule has 0 atom stereocenters. The van der Waals surface area contributed by atoms with Gasteiger partial charge in [0.25, 0.3) is 0 Å². The third-order valence-corrected chi connectivity index (χ3v) is 2.65. The zero-order chi connectivity index (χ0) is 10.8. The third kappa shape index (κ3) is 1.81. The number of rotatable bonds is 1. The summed E-state index contributed by atoms with van der Waals surface area (Å²) in [5.74, 6) is 0. The van der Waals surface area contributed by atoms with E-state index in [1.807, 2.05) is 42.5 Å². The Labute approximate surface area is 93.1 Å². The van der Waals surface area contributed by atoms with E-state index < -0.39 is 5.37 Å². The second-order valence-electron chi connectivity index (χ2n) is 3.31. The predicted octanol–water partition coefficient (Wildman–Crippen LogP) is 3.63. The topological polar surface area (TPSA) is 20.3 Å². The fraction of sp³-hybridized carbons (Fsp3) is 0.0833. The monoisotopic (exact) mass is 219 g/mol. The number of benzene rings is 2. The van der Waals surface area contributed by atoms with E-state index in [4.69, 9.17) is 11.6 Å². The first kappa shape index (κ1) is 9.99. The Balaban J connectivity index is 2.65. The van der Waals surface area contributed by atoms with Gasteiger partial charge >= 0.3 is 5.37 Å². The summed E-state index contributed by atoms with van der Waals surface area (Å²) in [7, 11) is 1.66. The van der Waals surface area contributed by atoms with Crippen LogP contribution in [0.2, 0.25) is 0 Å². The van der Waals surface area contributed by atoms with Crippen LogP contribution in [0.5, 0.6) is 0 Å². The second kappa shape index (κ2) is 3.91. The standard InChI is InChI=1S/C12H10ClNO/c1-14(12(13)15)11-8-4-6-9-5-2-3-7-10(9)11/h2-8H,1H3. The molecule has 1 amide bonds. The lowest BCUT2D eigenvalue weighted by Gasteiger charge is -2.15. The van der Waals surface area contributed by atoms with E-state index in [1.165, 1.54) is 4.90 Å². The number of carbonyl (C=O) groups is 1. The Morgan fingerprint density at radius 2 is 1.80 bits per heavy atom. The molecule has 76 valence electrons. The number of amides is 1. The molecule has 0 N–H and O–H groups in total. The average Bonchev–Trinajstić information content (AvgIpc) is 2.27. The Bertz CT molecular complexity index is 504. The fourth-order valence-electron chi connectivity index (χ4n) is 1.60. The first-order chi connectivity index (χ1) is 7.20. The van der Waals surface area contributed by atoms with Crippen LogP contribution in [-0.4, -0.2) is 12.4 Å². The first-order valence-corrected chi connectivity index (χ1v) is 4.99. The summed E-state index contributed by atoms with van der Waals surface area (Å²) in [5.41, 5.74) is 0.827. The molecule has 15 heavy (non-hydrogen) atoms. The lowest BCUT2D eigenvalue weighted by molar-refractivity contribution is 0.265. The van der Waals surface area contributed by atoms with Crippen molar-refractivity contribution in [3.05, 3.63) is 42.5 Å². The van der Waals surface area contributed by atoms with Crippen LogP contribution < -0.4 is 4.90 Å². The van der Waals surface area contributed by atoms with Crippen molar-refractivity contribution in [2.24, 2.45) is 0 Å². The molecule has 0 aromatic heterocycles. The summed E-state index contributed by atoms with van der Waals surface area (Å²) < 4.78 is 0. The molecule has 3 heteroatoms. The minimum Gasteiger partial charge on any atom is -0.301 e. The van der Waals surface area contributed by atoms with Gasteiger partial charge in [-0.05, 0) is 23.1 Å². The number of halogens is 1. The van der Waals surface area contributed by atoms with Crippen molar-refractivity contribution >= 4 is 33.4 Å². The van der Waals surface area contributed by atoms with E-state index in [0.717, 1.165) is 16.5 Å². The predicted molar refractivity (Wildman–Crippen MR) is 63.6 cm³/mol. The smallest absolute Gasteiger partial charge is 0.301 e. The maximum atomic E-state index is 11.1. The van der Waals surface area contributed by atoms with Crippen molar-refractivity contribution in [2.45, 2.75) is 0 Å². The fourth-order valence-corrected chi connectivity index (χ4v) is 1.69. The van der Waals surface area contributed by atoms with Gasteiger partial charge in [0.2, 0.25) is 0 Å². The van der Waals surface area contributed by atoms with E-state index in [2.05, 4.69) is 0 Å². The average molecular weight is 220 g/mol. The van der Waals surface area contributed by atoms with Crippen LogP contribution in [0.15, 0.2) is 42.5 Å². The molecule has 0 aliphatic heterocycles. The Morgan fingerprint density at radius 3 is 2.53 bits per heavy atom. The first-order valence-electron chi connectivity index (χ1n) is 4.61. The summed E-state index contributed by atoms with van der Waals surface area (Å²) in [6.45, 7) is 0. The molecule has 2 rings (SSSR count). The van der Waals surface area contributed by atoms with E-state index in [9.17, 15) is 4.79 Å². The molecule has 0 saturated carbocycles. The minimum absolute atomic E-state index is 0.480. The van der Waals surface area contributed by atoms with Gasteiger partial charge in [0.15, 0.2) is 0 Å². The highest BCUT2D eigenvalue weighted by Gasteiger charge is 2.09. The van der Waals surface area contributed by atoms with E-state index in [-0.39, 0.29) is 0 Å². The maximum Gasteiger partial charge on any atom is 0.320 e. The summed E-state index contributed by atoms with van der Waals surface area (Å²) in [5, 5.41) is 1.64. The van der Waals surface area contributed by atoms with Crippen LogP contribution in [0.1, 0.15) is 0 Å². The van der Waals surface area contributed by atoms with Crippen molar-refractivity contribution < 1.29 is 4.79 Å². The molecule has 0 spiro atoms. The Morgan fingerprint density at radius 1 is 1.13 bits per heavy atom. The van der Waals surface area contributed by atoms with Gasteiger partial charge in [-0.2, -0.15) is 0 Å². The van der Waals surface area contributed by atoms with Gasteiger partial charge in [-0.15, -0.1) is 0 Å². The van der Waals surface area contributed by atoms with Gasteiger partial charge < -0.3 is 4.90 Å². The third-order valence-electron chi connectivity index (χ3n) is 2.39. The molecular formula is C12H10ClNO. The van der Waals surface area contributed by atoms with Crippen molar-refractivity contribution in [2.75, 3.05) is 11.9 Å². The summed E-state index contributed by atoms with van der Waals surface area (Å²) in [6, 6.07) is 13.7. The van der Waals surface area contributed by atoms with Crippen LogP contribution in [-0.2, 0) is 0 Å². The molecule has 2 aromatic rings. The van der Waals surface area contributed by atoms with Gasteiger partial charge in [0.05, 0.1) is 5.69 Å². The highest BCUT2D eigenvalue weighted by Crippen LogP contribution is 2.26. The Kier molecular flexibility index (Phi) is 2.60. The SMILES string of the molecule is CN(C(=O)Cl)c1cccc2ccccc12. The quantitative estimate of drug-likeness (QED) is 0.530. The highest BCUT2D eigenvalue weighted by atomic mass is 35.5. The van der Waals surface area contributed by atoms with Crippen LogP contribution in [0.25, 0.3) is 10.8 Å². The zero-order valence-corrected chi connectivity index (χ0v) is 9.03. The second-order valence-corrected chi connectivity index (χ2v) is 3.63. The Hall–Kier alpha value is -1.54. The van der Waals surface area contributed by atoms with E-state index in [1.54, 1.807) is 7.05 Å². The van der Waals surface area contributed by atoms with Gasteiger partial charge in [-0.3, -0.25) is 4.79 Å². The van der Waals surface area contributed by atoms with E-state index in [0.29, 0.717) is 0 Å². The highest BCUT2D eigenvalue weighted by molar-refractivity contribution is 6.66. The largest absolute Gasteiger partial charge is 0.320 e. The molecule has 0 fully saturated rings. The van der Waals surface area contributed by atoms with Crippen molar-refractivity contribution in [3.63, 3.8) is 0 Å². The van der Waals surface area contributed by atoms with Crippen LogP contribution in [0.3, 0.4) is 0 Å².